The lowest BCUT2D eigenvalue weighted by Crippen LogP contribution is -2.11. The number of nitrogens with one attached hydrogen (secondary N) is 1. The molecule has 0 aliphatic rings. The van der Waals surface area contributed by atoms with Crippen molar-refractivity contribution in [1.82, 2.24) is 0 Å². The molecule has 0 aliphatic carbocycles. The van der Waals surface area contributed by atoms with Gasteiger partial charge in [0, 0.05) is 13.0 Å². The van der Waals surface area contributed by atoms with Crippen LogP contribution in [0.15, 0.2) is 24.3 Å². The van der Waals surface area contributed by atoms with Crippen LogP contribution < -0.4 is 11.5 Å². The molecule has 1 aromatic carbocycles. The second-order valence-electron chi connectivity index (χ2n) is 3.00. The first-order valence-corrected chi connectivity index (χ1v) is 4.33. The van der Waals surface area contributed by atoms with Crippen molar-refractivity contribution < 1.29 is 0 Å². The van der Waals surface area contributed by atoms with Crippen molar-refractivity contribution in [2.24, 2.45) is 11.5 Å². The van der Waals surface area contributed by atoms with Crippen LogP contribution in [0.2, 0.25) is 0 Å². The third kappa shape index (κ3) is 2.87. The highest BCUT2D eigenvalue weighted by Crippen LogP contribution is 2.09. The van der Waals surface area contributed by atoms with Gasteiger partial charge >= 0.3 is 0 Å². The SMILES string of the molecule is N=C(N)CCc1ccccc1CN. The molecule has 0 radical (unpaired) electrons. The minimum absolute atomic E-state index is 0.229. The molecule has 5 N–H and O–H groups in total. The van der Waals surface area contributed by atoms with E-state index in [0.29, 0.717) is 13.0 Å². The van der Waals surface area contributed by atoms with Crippen molar-refractivity contribution in [2.45, 2.75) is 19.4 Å². The summed E-state index contributed by atoms with van der Waals surface area (Å²) in [5, 5.41) is 7.12. The summed E-state index contributed by atoms with van der Waals surface area (Å²) < 4.78 is 0. The molecule has 3 heteroatoms. The molecular formula is C10H15N3. The van der Waals surface area contributed by atoms with Crippen LogP contribution >= 0.6 is 0 Å². The monoisotopic (exact) mass is 177 g/mol. The van der Waals surface area contributed by atoms with Gasteiger partial charge in [0.15, 0.2) is 0 Å². The van der Waals surface area contributed by atoms with Crippen molar-refractivity contribution in [3.8, 4) is 0 Å². The Bertz CT molecular complexity index is 294. The summed E-state index contributed by atoms with van der Waals surface area (Å²) in [5.74, 6) is 0.229. The molecule has 0 aromatic heterocycles. The Labute approximate surface area is 78.3 Å². The molecule has 0 fully saturated rings. The number of hydrogen-bond donors (Lipinski definition) is 3. The molecule has 0 spiro atoms. The summed E-state index contributed by atoms with van der Waals surface area (Å²) in [6.45, 7) is 0.550. The van der Waals surface area contributed by atoms with Crippen LogP contribution in [0, 0.1) is 5.41 Å². The Balaban J connectivity index is 2.69. The maximum Gasteiger partial charge on any atom is 0.0908 e. The van der Waals surface area contributed by atoms with Gasteiger partial charge < -0.3 is 11.5 Å². The molecule has 13 heavy (non-hydrogen) atoms. The van der Waals surface area contributed by atoms with E-state index in [1.165, 1.54) is 5.56 Å². The van der Waals surface area contributed by atoms with Crippen LogP contribution in [0.5, 0.6) is 0 Å². The van der Waals surface area contributed by atoms with Crippen LogP contribution in [-0.2, 0) is 13.0 Å². The van der Waals surface area contributed by atoms with Crippen molar-refractivity contribution in [1.29, 1.82) is 5.41 Å². The van der Waals surface area contributed by atoms with Crippen LogP contribution in [-0.4, -0.2) is 5.84 Å². The maximum absolute atomic E-state index is 7.12. The molecule has 0 saturated carbocycles. The fourth-order valence-electron chi connectivity index (χ4n) is 1.27. The van der Waals surface area contributed by atoms with E-state index in [9.17, 15) is 0 Å². The van der Waals surface area contributed by atoms with E-state index in [1.807, 2.05) is 24.3 Å². The lowest BCUT2D eigenvalue weighted by molar-refractivity contribution is 0.958. The largest absolute Gasteiger partial charge is 0.388 e. The van der Waals surface area contributed by atoms with E-state index in [2.05, 4.69) is 0 Å². The molecule has 1 aromatic rings. The van der Waals surface area contributed by atoms with Crippen LogP contribution in [0.25, 0.3) is 0 Å². The first-order valence-electron chi connectivity index (χ1n) is 4.33. The first-order chi connectivity index (χ1) is 6.24. The van der Waals surface area contributed by atoms with Gasteiger partial charge in [0.2, 0.25) is 0 Å². The van der Waals surface area contributed by atoms with E-state index >= 15 is 0 Å². The smallest absolute Gasteiger partial charge is 0.0908 e. The quantitative estimate of drug-likeness (QED) is 0.474. The summed E-state index contributed by atoms with van der Waals surface area (Å²) in [6.07, 6.45) is 1.42. The minimum atomic E-state index is 0.229. The fraction of sp³-hybridized carbons (Fsp3) is 0.300. The van der Waals surface area contributed by atoms with Crippen molar-refractivity contribution in [3.63, 3.8) is 0 Å². The average Bonchev–Trinajstić information content (AvgIpc) is 2.15. The van der Waals surface area contributed by atoms with Crippen LogP contribution in [0.4, 0.5) is 0 Å². The van der Waals surface area contributed by atoms with Gasteiger partial charge in [0.05, 0.1) is 5.84 Å². The van der Waals surface area contributed by atoms with E-state index in [0.717, 1.165) is 12.0 Å². The summed E-state index contributed by atoms with van der Waals surface area (Å²) in [6, 6.07) is 7.99. The molecule has 1 rings (SSSR count). The molecule has 3 nitrogen and oxygen atoms in total. The van der Waals surface area contributed by atoms with Gasteiger partial charge in [-0.2, -0.15) is 0 Å². The molecule has 0 unspecified atom stereocenters. The van der Waals surface area contributed by atoms with Gasteiger partial charge in [-0.25, -0.2) is 0 Å². The Morgan fingerprint density at radius 2 is 1.85 bits per heavy atom. The average molecular weight is 177 g/mol. The van der Waals surface area contributed by atoms with Gasteiger partial charge in [-0.05, 0) is 17.5 Å². The third-order valence-corrected chi connectivity index (χ3v) is 2.00. The van der Waals surface area contributed by atoms with Gasteiger partial charge in [0.1, 0.15) is 0 Å². The molecule has 0 atom stereocenters. The highest BCUT2D eigenvalue weighted by atomic mass is 14.7. The van der Waals surface area contributed by atoms with Gasteiger partial charge in [-0.1, -0.05) is 24.3 Å². The zero-order chi connectivity index (χ0) is 9.68. The Morgan fingerprint density at radius 1 is 1.23 bits per heavy atom. The third-order valence-electron chi connectivity index (χ3n) is 2.00. The molecule has 0 aliphatic heterocycles. The summed E-state index contributed by atoms with van der Waals surface area (Å²) in [4.78, 5) is 0. The molecular weight excluding hydrogens is 162 g/mol. The fourth-order valence-corrected chi connectivity index (χ4v) is 1.27. The van der Waals surface area contributed by atoms with Gasteiger partial charge in [-0.3, -0.25) is 5.41 Å². The van der Waals surface area contributed by atoms with Gasteiger partial charge in [-0.15, -0.1) is 0 Å². The van der Waals surface area contributed by atoms with Crippen LogP contribution in [0.3, 0.4) is 0 Å². The van der Waals surface area contributed by atoms with E-state index in [-0.39, 0.29) is 5.84 Å². The molecule has 70 valence electrons. The van der Waals surface area contributed by atoms with Crippen LogP contribution in [0.1, 0.15) is 17.5 Å². The highest BCUT2D eigenvalue weighted by Gasteiger charge is 1.99. The molecule has 0 saturated heterocycles. The minimum Gasteiger partial charge on any atom is -0.388 e. The molecule has 0 bridgehead atoms. The number of benzene rings is 1. The number of hydrogen-bond acceptors (Lipinski definition) is 2. The van der Waals surface area contributed by atoms with Crippen molar-refractivity contribution in [2.75, 3.05) is 0 Å². The normalized spacial score (nSPS) is 9.92. The maximum atomic E-state index is 7.12. The Kier molecular flexibility index (Phi) is 3.46. The summed E-state index contributed by atoms with van der Waals surface area (Å²) in [7, 11) is 0. The first kappa shape index (κ1) is 9.74. The zero-order valence-corrected chi connectivity index (χ0v) is 7.59. The highest BCUT2D eigenvalue weighted by molar-refractivity contribution is 5.77. The summed E-state index contributed by atoms with van der Waals surface area (Å²) >= 11 is 0. The van der Waals surface area contributed by atoms with E-state index < -0.39 is 0 Å². The summed E-state index contributed by atoms with van der Waals surface area (Å²) in [5.41, 5.74) is 13.2. The number of amidine groups is 1. The topological polar surface area (TPSA) is 75.9 Å². The van der Waals surface area contributed by atoms with Crippen molar-refractivity contribution >= 4 is 5.84 Å². The van der Waals surface area contributed by atoms with Crippen molar-refractivity contribution in [3.05, 3.63) is 35.4 Å². The number of rotatable bonds is 4. The standard InChI is InChI=1S/C10H15N3/c11-7-9-4-2-1-3-8(9)5-6-10(12)13/h1-4H,5-7,11H2,(H3,12,13). The van der Waals surface area contributed by atoms with Gasteiger partial charge in [0.25, 0.3) is 0 Å². The lowest BCUT2D eigenvalue weighted by atomic mass is 10.0. The second kappa shape index (κ2) is 4.62. The zero-order valence-electron chi connectivity index (χ0n) is 7.59. The number of nitrogens with two attached hydrogens (primary N) is 2. The number of aryl methyl sites for hydroxylation is 1. The Morgan fingerprint density at radius 3 is 2.38 bits per heavy atom. The Hall–Kier alpha value is -1.35. The van der Waals surface area contributed by atoms with E-state index in [4.69, 9.17) is 16.9 Å². The predicted octanol–water partition coefficient (Wildman–Crippen LogP) is 1.01. The molecule has 0 heterocycles. The molecule has 0 amide bonds. The lowest BCUT2D eigenvalue weighted by Gasteiger charge is -2.05. The second-order valence-corrected chi connectivity index (χ2v) is 3.00. The predicted molar refractivity (Wildman–Crippen MR) is 54.6 cm³/mol. The van der Waals surface area contributed by atoms with E-state index in [1.54, 1.807) is 0 Å².